The monoisotopic (exact) mass is 968 g/mol. The van der Waals surface area contributed by atoms with E-state index in [0.717, 1.165) is 17.2 Å². The summed E-state index contributed by atoms with van der Waals surface area (Å²) in [5, 5.41) is 68.2. The highest BCUT2D eigenvalue weighted by Crippen LogP contribution is 2.33. The molecule has 2 heterocycles. The SMILES string of the molecule is O=C(O)CC(O)(CC(=O)O)C(=O)O.O=C(O)CC(O)(CC(=O)O)C(=O)O.O=C1CN(C(c2ccccc2)c2ccc(Cl)cc2)CC(=O)N1CCCN1CCN(c2cccc(C(F)(F)F)c2)CC1. The van der Waals surface area contributed by atoms with Gasteiger partial charge in [0.05, 0.1) is 50.4 Å². The molecule has 2 amide bonds. The Labute approximate surface area is 384 Å². The van der Waals surface area contributed by atoms with Crippen LogP contribution in [0.2, 0.25) is 5.02 Å². The number of alkyl halides is 3. The smallest absolute Gasteiger partial charge is 0.416 e. The van der Waals surface area contributed by atoms with Gasteiger partial charge in [-0.1, -0.05) is 60.1 Å². The van der Waals surface area contributed by atoms with E-state index in [2.05, 4.69) is 4.90 Å². The maximum absolute atomic E-state index is 13.2. The van der Waals surface area contributed by atoms with E-state index in [1.54, 1.807) is 6.07 Å². The molecule has 3 aromatic carbocycles. The molecule has 1 atom stereocenters. The Morgan fingerprint density at radius 1 is 0.597 bits per heavy atom. The first-order chi connectivity index (χ1) is 31.2. The lowest BCUT2D eigenvalue weighted by molar-refractivity contribution is -0.170. The van der Waals surface area contributed by atoms with Crippen molar-refractivity contribution in [3.05, 3.63) is 101 Å². The van der Waals surface area contributed by atoms with Crippen LogP contribution in [0, 0.1) is 0 Å². The molecule has 1 unspecified atom stereocenters. The molecule has 67 heavy (non-hydrogen) atoms. The summed E-state index contributed by atoms with van der Waals surface area (Å²) in [5.74, 6) is -10.5. The van der Waals surface area contributed by atoms with Gasteiger partial charge in [0.15, 0.2) is 11.2 Å². The summed E-state index contributed by atoms with van der Waals surface area (Å²) in [6, 6.07) is 22.4. The van der Waals surface area contributed by atoms with Gasteiger partial charge in [-0.15, -0.1) is 0 Å². The molecule has 0 spiro atoms. The molecule has 2 saturated heterocycles. The summed E-state index contributed by atoms with van der Waals surface area (Å²) in [6.45, 7) is 3.93. The molecule has 0 aliphatic carbocycles. The van der Waals surface area contributed by atoms with Gasteiger partial charge in [0.1, 0.15) is 0 Å². The number of nitrogens with zero attached hydrogens (tertiary/aromatic N) is 4. The highest BCUT2D eigenvalue weighted by Gasteiger charge is 2.42. The third-order valence-electron chi connectivity index (χ3n) is 10.3. The van der Waals surface area contributed by atoms with Crippen LogP contribution in [0.3, 0.4) is 0 Å². The van der Waals surface area contributed by atoms with Gasteiger partial charge in [0.2, 0.25) is 11.8 Å². The lowest BCUT2D eigenvalue weighted by atomic mass is 9.96. The third-order valence-corrected chi connectivity index (χ3v) is 10.5. The molecule has 364 valence electrons. The van der Waals surface area contributed by atoms with E-state index >= 15 is 0 Å². The van der Waals surface area contributed by atoms with Crippen molar-refractivity contribution in [1.82, 2.24) is 14.7 Å². The molecule has 0 radical (unpaired) electrons. The normalized spacial score (nSPS) is 15.3. The topological polar surface area (TPSA) is 311 Å². The van der Waals surface area contributed by atoms with Crippen LogP contribution in [0.5, 0.6) is 0 Å². The zero-order chi connectivity index (χ0) is 50.3. The Morgan fingerprint density at radius 2 is 1.04 bits per heavy atom. The van der Waals surface area contributed by atoms with Crippen molar-refractivity contribution in [3.8, 4) is 0 Å². The molecule has 2 aliphatic rings. The van der Waals surface area contributed by atoms with Gasteiger partial charge < -0.3 is 45.8 Å². The van der Waals surface area contributed by atoms with Crippen molar-refractivity contribution in [2.45, 2.75) is 55.5 Å². The van der Waals surface area contributed by atoms with Gasteiger partial charge in [-0.05, 0) is 54.4 Å². The number of carbonyl (C=O) groups excluding carboxylic acids is 2. The number of piperazine rings is 2. The summed E-state index contributed by atoms with van der Waals surface area (Å²) in [7, 11) is 0. The Bertz CT molecular complexity index is 2140. The van der Waals surface area contributed by atoms with Crippen LogP contribution in [0.1, 0.15) is 54.8 Å². The lowest BCUT2D eigenvalue weighted by Gasteiger charge is -2.39. The minimum absolute atomic E-state index is 0.129. The van der Waals surface area contributed by atoms with E-state index in [1.165, 1.54) is 17.0 Å². The number of anilines is 1. The first-order valence-corrected chi connectivity index (χ1v) is 20.4. The van der Waals surface area contributed by atoms with Gasteiger partial charge in [0, 0.05) is 43.4 Å². The van der Waals surface area contributed by atoms with Crippen molar-refractivity contribution in [1.29, 1.82) is 0 Å². The number of aliphatic carboxylic acids is 6. The number of hydrogen-bond acceptors (Lipinski definition) is 13. The number of halogens is 4. The van der Waals surface area contributed by atoms with Crippen LogP contribution >= 0.6 is 11.6 Å². The molecule has 3 aromatic rings. The average molecular weight is 969 g/mol. The van der Waals surface area contributed by atoms with Crippen molar-refractivity contribution in [2.24, 2.45) is 0 Å². The predicted octanol–water partition coefficient (Wildman–Crippen LogP) is 2.83. The minimum Gasteiger partial charge on any atom is -0.481 e. The summed E-state index contributed by atoms with van der Waals surface area (Å²) >= 11 is 6.10. The largest absolute Gasteiger partial charge is 0.481 e. The van der Waals surface area contributed by atoms with Gasteiger partial charge in [-0.3, -0.25) is 43.5 Å². The van der Waals surface area contributed by atoms with E-state index in [9.17, 15) is 51.5 Å². The maximum Gasteiger partial charge on any atom is 0.416 e. The molecular weight excluding hydrogens is 921 g/mol. The van der Waals surface area contributed by atoms with Gasteiger partial charge in [0.25, 0.3) is 0 Å². The highest BCUT2D eigenvalue weighted by molar-refractivity contribution is 6.30. The number of imide groups is 1. The maximum atomic E-state index is 13.2. The molecule has 20 nitrogen and oxygen atoms in total. The van der Waals surface area contributed by atoms with E-state index in [-0.39, 0.29) is 30.9 Å². The Morgan fingerprint density at radius 3 is 1.46 bits per heavy atom. The number of amides is 2. The van der Waals surface area contributed by atoms with Gasteiger partial charge in [-0.25, -0.2) is 9.59 Å². The zero-order valence-electron chi connectivity index (χ0n) is 35.4. The molecule has 8 N–H and O–H groups in total. The van der Waals surface area contributed by atoms with Crippen molar-refractivity contribution >= 4 is 64.9 Å². The number of carbonyl (C=O) groups is 8. The molecule has 2 fully saturated rings. The fourth-order valence-corrected chi connectivity index (χ4v) is 7.15. The number of hydrogen-bond donors (Lipinski definition) is 8. The molecule has 0 saturated carbocycles. The van der Waals surface area contributed by atoms with Crippen LogP contribution in [0.4, 0.5) is 18.9 Å². The fourth-order valence-electron chi connectivity index (χ4n) is 7.03. The summed E-state index contributed by atoms with van der Waals surface area (Å²) in [5.41, 5.74) is -3.60. The third kappa shape index (κ3) is 16.9. The van der Waals surface area contributed by atoms with Crippen molar-refractivity contribution in [2.75, 3.05) is 57.3 Å². The van der Waals surface area contributed by atoms with Crippen LogP contribution in [-0.2, 0) is 44.5 Å². The number of aliphatic hydroxyl groups is 2. The fraction of sp³-hybridized carbons (Fsp3) is 0.395. The van der Waals surface area contributed by atoms with Crippen LogP contribution in [0.25, 0.3) is 0 Å². The Kier molecular flexibility index (Phi) is 19.8. The van der Waals surface area contributed by atoms with Crippen molar-refractivity contribution in [3.63, 3.8) is 0 Å². The van der Waals surface area contributed by atoms with Gasteiger partial charge in [-0.2, -0.15) is 13.2 Å². The quantitative estimate of drug-likeness (QED) is 0.0850. The first-order valence-electron chi connectivity index (χ1n) is 20.1. The zero-order valence-corrected chi connectivity index (χ0v) is 36.2. The molecular formula is C43H48ClF3N4O16. The number of carboxylic acids is 6. The molecule has 24 heteroatoms. The van der Waals surface area contributed by atoms with Crippen LogP contribution in [-0.4, -0.2) is 167 Å². The summed E-state index contributed by atoms with van der Waals surface area (Å²) in [6.07, 6.45) is -8.30. The number of rotatable bonds is 18. The molecule has 0 aromatic heterocycles. The van der Waals surface area contributed by atoms with E-state index in [1.807, 2.05) is 64.4 Å². The van der Waals surface area contributed by atoms with Gasteiger partial charge >= 0.3 is 42.0 Å². The second-order valence-corrected chi connectivity index (χ2v) is 15.8. The average Bonchev–Trinajstić information content (AvgIpc) is 3.22. The van der Waals surface area contributed by atoms with E-state index in [4.69, 9.17) is 52.5 Å². The first kappa shape index (κ1) is 54.7. The summed E-state index contributed by atoms with van der Waals surface area (Å²) < 4.78 is 39.3. The van der Waals surface area contributed by atoms with E-state index in [0.29, 0.717) is 56.4 Å². The lowest BCUT2D eigenvalue weighted by Crippen LogP contribution is -2.55. The Balaban J connectivity index is 0.000000375. The highest BCUT2D eigenvalue weighted by atomic mass is 35.5. The molecule has 0 bridgehead atoms. The standard InChI is InChI=1S/C31H32ClF3N4O2.2C6H8O7/c32-26-12-10-24(11-13-26)30(23-6-2-1-3-7-23)38-21-28(40)39(29(41)22-38)15-5-14-36-16-18-37(19-17-36)27-9-4-8-25(20-27)31(33,34)35;2*7-3(8)1-6(13,5(11)12)2-4(9)10/h1-4,6-13,20,30H,5,14-19,21-22H2;2*13H,1-2H2,(H,7,8)(H,9,10)(H,11,12). The van der Waals surface area contributed by atoms with Crippen LogP contribution in [0.15, 0.2) is 78.9 Å². The predicted molar refractivity (Wildman–Crippen MR) is 227 cm³/mol. The molecule has 5 rings (SSSR count). The number of benzene rings is 3. The second kappa shape index (κ2) is 24.2. The van der Waals surface area contributed by atoms with E-state index < -0.39 is 84.4 Å². The molecule has 2 aliphatic heterocycles. The summed E-state index contributed by atoms with van der Waals surface area (Å²) in [4.78, 5) is 94.7. The van der Waals surface area contributed by atoms with Crippen molar-refractivity contribution < 1.29 is 92.4 Å². The second-order valence-electron chi connectivity index (χ2n) is 15.4. The minimum atomic E-state index is -4.36. The number of carboxylic acid groups (broad SMARTS) is 6. The Hall–Kier alpha value is -6.66. The van der Waals surface area contributed by atoms with Crippen LogP contribution < -0.4 is 4.90 Å².